The van der Waals surface area contributed by atoms with Gasteiger partial charge in [0.1, 0.15) is 0 Å². The summed E-state index contributed by atoms with van der Waals surface area (Å²) in [6, 6.07) is 0. The van der Waals surface area contributed by atoms with Gasteiger partial charge >= 0.3 is 0 Å². The summed E-state index contributed by atoms with van der Waals surface area (Å²) in [7, 11) is 0. The molecule has 3 atom stereocenters. The third-order valence-corrected chi connectivity index (χ3v) is 4.85. The van der Waals surface area contributed by atoms with Gasteiger partial charge in [-0.15, -0.1) is 0 Å². The molecular weight excluding hydrogens is 196 g/mol. The summed E-state index contributed by atoms with van der Waals surface area (Å²) >= 11 is 0. The molecule has 0 bridgehead atoms. The van der Waals surface area contributed by atoms with Gasteiger partial charge in [0.25, 0.3) is 0 Å². The Morgan fingerprint density at radius 2 is 2.44 bits per heavy atom. The van der Waals surface area contributed by atoms with E-state index in [1.54, 1.807) is 0 Å². The quantitative estimate of drug-likeness (QED) is 0.700. The van der Waals surface area contributed by atoms with E-state index in [1.165, 1.54) is 31.3 Å². The molecule has 2 rings (SSSR count). The van der Waals surface area contributed by atoms with Crippen LogP contribution in [0, 0.1) is 17.3 Å². The molecule has 0 saturated heterocycles. The van der Waals surface area contributed by atoms with E-state index in [9.17, 15) is 0 Å². The minimum absolute atomic E-state index is 0.207. The Morgan fingerprint density at radius 3 is 2.94 bits per heavy atom. The summed E-state index contributed by atoms with van der Waals surface area (Å²) in [6.07, 6.45) is 8.61. The zero-order valence-corrected chi connectivity index (χ0v) is 10.6. The van der Waals surface area contributed by atoms with Crippen LogP contribution in [0.15, 0.2) is 23.8 Å². The Kier molecular flexibility index (Phi) is 3.25. The zero-order chi connectivity index (χ0) is 11.8. The summed E-state index contributed by atoms with van der Waals surface area (Å²) in [6.45, 7) is 8.79. The minimum atomic E-state index is 0.207. The van der Waals surface area contributed by atoms with Crippen LogP contribution in [-0.2, 0) is 0 Å². The van der Waals surface area contributed by atoms with E-state index in [0.29, 0.717) is 5.41 Å². The maximum Gasteiger partial charge on any atom is 0.0639 e. The Morgan fingerprint density at radius 1 is 1.69 bits per heavy atom. The fourth-order valence-electron chi connectivity index (χ4n) is 3.44. The lowest BCUT2D eigenvalue weighted by Gasteiger charge is -2.20. The third kappa shape index (κ3) is 1.98. The van der Waals surface area contributed by atoms with Crippen LogP contribution in [-0.4, -0.2) is 11.7 Å². The summed E-state index contributed by atoms with van der Waals surface area (Å²) in [5.74, 6) is 1.67. The van der Waals surface area contributed by atoms with Gasteiger partial charge in [0.15, 0.2) is 0 Å². The van der Waals surface area contributed by atoms with Crippen molar-refractivity contribution in [3.63, 3.8) is 0 Å². The van der Waals surface area contributed by atoms with Gasteiger partial charge in [-0.2, -0.15) is 0 Å². The number of allylic oxidation sites excluding steroid dienone is 2. The molecule has 0 heterocycles. The smallest absolute Gasteiger partial charge is 0.0639 e. The molecule has 90 valence electrons. The molecule has 0 amide bonds. The zero-order valence-electron chi connectivity index (χ0n) is 10.6. The lowest BCUT2D eigenvalue weighted by molar-refractivity contribution is 0.300. The standard InChI is InChI=1S/C15H24O/c1-11(10-16)5-4-6-13(3)15-8-7-12(2)14(15)9-15/h5,13-14,16H,2,4,6-10H2,1,3H3/b11-5+. The van der Waals surface area contributed by atoms with E-state index >= 15 is 0 Å². The largest absolute Gasteiger partial charge is 0.392 e. The number of aliphatic hydroxyl groups excluding tert-OH is 1. The highest BCUT2D eigenvalue weighted by Gasteiger charge is 2.60. The van der Waals surface area contributed by atoms with Gasteiger partial charge < -0.3 is 5.11 Å². The number of hydrogen-bond acceptors (Lipinski definition) is 1. The molecule has 0 aliphatic heterocycles. The first kappa shape index (κ1) is 11.9. The first-order chi connectivity index (χ1) is 7.60. The second-order valence-corrected chi connectivity index (χ2v) is 5.84. The van der Waals surface area contributed by atoms with E-state index in [4.69, 9.17) is 5.11 Å². The molecule has 2 fully saturated rings. The van der Waals surface area contributed by atoms with E-state index in [-0.39, 0.29) is 6.61 Å². The SMILES string of the molecule is C=C1CCC2(C(C)CC/C=C(\C)CO)CC12. The Bertz CT molecular complexity index is 315. The van der Waals surface area contributed by atoms with Gasteiger partial charge in [-0.3, -0.25) is 0 Å². The van der Waals surface area contributed by atoms with Crippen LogP contribution in [0.1, 0.15) is 46.0 Å². The molecule has 2 aliphatic rings. The second kappa shape index (κ2) is 4.37. The molecule has 1 heteroatoms. The van der Waals surface area contributed by atoms with Crippen molar-refractivity contribution in [2.75, 3.05) is 6.61 Å². The average molecular weight is 220 g/mol. The molecule has 0 aromatic rings. The second-order valence-electron chi connectivity index (χ2n) is 5.84. The average Bonchev–Trinajstić information content (AvgIpc) is 2.94. The molecule has 2 aliphatic carbocycles. The molecule has 16 heavy (non-hydrogen) atoms. The summed E-state index contributed by atoms with van der Waals surface area (Å²) in [4.78, 5) is 0. The summed E-state index contributed by atoms with van der Waals surface area (Å²) in [5, 5.41) is 8.93. The normalized spacial score (nSPS) is 35.1. The van der Waals surface area contributed by atoms with Crippen molar-refractivity contribution in [3.05, 3.63) is 23.8 Å². The highest BCUT2D eigenvalue weighted by atomic mass is 16.3. The molecule has 0 radical (unpaired) electrons. The van der Waals surface area contributed by atoms with Crippen molar-refractivity contribution in [2.24, 2.45) is 17.3 Å². The predicted octanol–water partition coefficient (Wildman–Crippen LogP) is 3.70. The predicted molar refractivity (Wildman–Crippen MR) is 68.2 cm³/mol. The summed E-state index contributed by atoms with van der Waals surface area (Å²) in [5.41, 5.74) is 3.25. The fourth-order valence-corrected chi connectivity index (χ4v) is 3.44. The van der Waals surface area contributed by atoms with Crippen molar-refractivity contribution in [3.8, 4) is 0 Å². The first-order valence-corrected chi connectivity index (χ1v) is 6.54. The minimum Gasteiger partial charge on any atom is -0.392 e. The van der Waals surface area contributed by atoms with E-state index < -0.39 is 0 Å². The molecule has 3 unspecified atom stereocenters. The van der Waals surface area contributed by atoms with Gasteiger partial charge in [0.05, 0.1) is 6.61 Å². The monoisotopic (exact) mass is 220 g/mol. The van der Waals surface area contributed by atoms with Crippen LogP contribution >= 0.6 is 0 Å². The van der Waals surface area contributed by atoms with Crippen molar-refractivity contribution < 1.29 is 5.11 Å². The van der Waals surface area contributed by atoms with E-state index in [0.717, 1.165) is 23.8 Å². The van der Waals surface area contributed by atoms with E-state index in [2.05, 4.69) is 19.6 Å². The van der Waals surface area contributed by atoms with Gasteiger partial charge in [-0.05, 0) is 56.3 Å². The highest BCUT2D eigenvalue weighted by molar-refractivity contribution is 5.26. The van der Waals surface area contributed by atoms with Crippen LogP contribution in [0.3, 0.4) is 0 Å². The van der Waals surface area contributed by atoms with Gasteiger partial charge in [-0.25, -0.2) is 0 Å². The lowest BCUT2D eigenvalue weighted by Crippen LogP contribution is -2.11. The van der Waals surface area contributed by atoms with Crippen molar-refractivity contribution in [1.82, 2.24) is 0 Å². The molecular formula is C15H24O. The Hall–Kier alpha value is -0.560. The molecule has 0 spiro atoms. The van der Waals surface area contributed by atoms with Crippen LogP contribution in [0.25, 0.3) is 0 Å². The molecule has 2 saturated carbocycles. The van der Waals surface area contributed by atoms with Gasteiger partial charge in [-0.1, -0.05) is 30.7 Å². The number of rotatable bonds is 5. The van der Waals surface area contributed by atoms with E-state index in [1.807, 2.05) is 6.92 Å². The maximum absolute atomic E-state index is 8.93. The Balaban J connectivity index is 1.82. The van der Waals surface area contributed by atoms with Crippen molar-refractivity contribution in [1.29, 1.82) is 0 Å². The number of fused-ring (bicyclic) bond motifs is 1. The fraction of sp³-hybridized carbons (Fsp3) is 0.733. The number of hydrogen-bond donors (Lipinski definition) is 1. The van der Waals surface area contributed by atoms with Crippen LogP contribution in [0.2, 0.25) is 0 Å². The number of aliphatic hydroxyl groups is 1. The summed E-state index contributed by atoms with van der Waals surface area (Å²) < 4.78 is 0. The molecule has 0 aromatic heterocycles. The van der Waals surface area contributed by atoms with Gasteiger partial charge in [0.2, 0.25) is 0 Å². The van der Waals surface area contributed by atoms with Crippen LogP contribution in [0.5, 0.6) is 0 Å². The van der Waals surface area contributed by atoms with Gasteiger partial charge in [0, 0.05) is 0 Å². The first-order valence-electron chi connectivity index (χ1n) is 6.54. The topological polar surface area (TPSA) is 20.2 Å². The van der Waals surface area contributed by atoms with Crippen LogP contribution in [0.4, 0.5) is 0 Å². The third-order valence-electron chi connectivity index (χ3n) is 4.85. The lowest BCUT2D eigenvalue weighted by atomic mass is 9.85. The molecule has 0 aromatic carbocycles. The molecule has 1 N–H and O–H groups in total. The van der Waals surface area contributed by atoms with Crippen molar-refractivity contribution in [2.45, 2.75) is 46.0 Å². The Labute approximate surface area is 99.3 Å². The maximum atomic E-state index is 8.93. The van der Waals surface area contributed by atoms with Crippen molar-refractivity contribution >= 4 is 0 Å². The van der Waals surface area contributed by atoms with Crippen LogP contribution < -0.4 is 0 Å². The highest BCUT2D eigenvalue weighted by Crippen LogP contribution is 2.69. The molecule has 1 nitrogen and oxygen atoms in total.